The molecule has 0 aliphatic carbocycles. The van der Waals surface area contributed by atoms with E-state index in [1.54, 1.807) is 0 Å². The van der Waals surface area contributed by atoms with E-state index < -0.39 is 0 Å². The highest BCUT2D eigenvalue weighted by Gasteiger charge is 2.07. The van der Waals surface area contributed by atoms with Gasteiger partial charge in [0.15, 0.2) is 7.28 Å². The van der Waals surface area contributed by atoms with Crippen LogP contribution in [0, 0.1) is 0 Å². The fraction of sp³-hybridized carbons (Fsp3) is 0.0714. The van der Waals surface area contributed by atoms with Gasteiger partial charge in [0.1, 0.15) is 13.4 Å². The van der Waals surface area contributed by atoms with E-state index in [0.29, 0.717) is 11.0 Å². The van der Waals surface area contributed by atoms with Gasteiger partial charge in [-0.1, -0.05) is 48.1 Å². The summed E-state index contributed by atoms with van der Waals surface area (Å²) in [6.07, 6.45) is 0. The average molecular weight is 234 g/mol. The Morgan fingerprint density at radius 3 is 2.61 bits per heavy atom. The SMILES string of the molecule is Bc1ccc2c(c1)c(=O)oc1cc(BC)ccc12. The van der Waals surface area contributed by atoms with Crippen LogP contribution in [0.2, 0.25) is 6.82 Å². The van der Waals surface area contributed by atoms with E-state index in [1.165, 1.54) is 5.46 Å². The molecule has 86 valence electrons. The van der Waals surface area contributed by atoms with E-state index in [2.05, 4.69) is 12.9 Å². The van der Waals surface area contributed by atoms with Gasteiger partial charge in [-0.15, -0.1) is 0 Å². The zero-order valence-electron chi connectivity index (χ0n) is 10.5. The molecule has 1 aromatic heterocycles. The van der Waals surface area contributed by atoms with Crippen LogP contribution in [0.15, 0.2) is 45.6 Å². The molecule has 0 spiro atoms. The van der Waals surface area contributed by atoms with Crippen LogP contribution in [-0.4, -0.2) is 15.1 Å². The molecular formula is C14H12B2O2. The second kappa shape index (κ2) is 4.05. The highest BCUT2D eigenvalue weighted by molar-refractivity contribution is 6.52. The third-order valence-electron chi connectivity index (χ3n) is 3.34. The zero-order valence-corrected chi connectivity index (χ0v) is 10.5. The summed E-state index contributed by atoms with van der Waals surface area (Å²) in [4.78, 5) is 12.0. The van der Waals surface area contributed by atoms with Crippen molar-refractivity contribution in [2.45, 2.75) is 6.82 Å². The van der Waals surface area contributed by atoms with Gasteiger partial charge in [0.25, 0.3) is 0 Å². The molecular weight excluding hydrogens is 222 g/mol. The van der Waals surface area contributed by atoms with Crippen molar-refractivity contribution in [3.05, 3.63) is 46.8 Å². The van der Waals surface area contributed by atoms with E-state index >= 15 is 0 Å². The molecule has 0 aliphatic rings. The lowest BCUT2D eigenvalue weighted by Gasteiger charge is -2.04. The number of benzene rings is 2. The summed E-state index contributed by atoms with van der Waals surface area (Å²) in [5.41, 5.74) is 2.67. The lowest BCUT2D eigenvalue weighted by Crippen LogP contribution is -2.11. The second-order valence-corrected chi connectivity index (χ2v) is 4.62. The van der Waals surface area contributed by atoms with Crippen LogP contribution in [-0.2, 0) is 0 Å². The lowest BCUT2D eigenvalue weighted by atomic mass is 9.73. The maximum absolute atomic E-state index is 12.0. The Balaban J connectivity index is 2.50. The summed E-state index contributed by atoms with van der Waals surface area (Å²) in [7, 11) is 2.91. The molecule has 0 aliphatic heterocycles. The van der Waals surface area contributed by atoms with Crippen molar-refractivity contribution in [3.8, 4) is 0 Å². The molecule has 0 N–H and O–H groups in total. The van der Waals surface area contributed by atoms with Crippen LogP contribution in [0.25, 0.3) is 21.7 Å². The number of rotatable bonds is 1. The van der Waals surface area contributed by atoms with Crippen molar-refractivity contribution in [1.29, 1.82) is 0 Å². The zero-order chi connectivity index (χ0) is 12.7. The van der Waals surface area contributed by atoms with Crippen molar-refractivity contribution in [2.75, 3.05) is 0 Å². The smallest absolute Gasteiger partial charge is 0.344 e. The van der Waals surface area contributed by atoms with Gasteiger partial charge < -0.3 is 4.42 Å². The summed E-state index contributed by atoms with van der Waals surface area (Å²) in [5.74, 6) is 0. The summed E-state index contributed by atoms with van der Waals surface area (Å²) in [6, 6.07) is 12.0. The van der Waals surface area contributed by atoms with E-state index in [1.807, 2.05) is 38.2 Å². The molecule has 2 aromatic carbocycles. The molecule has 0 atom stereocenters. The van der Waals surface area contributed by atoms with Crippen LogP contribution in [0.5, 0.6) is 0 Å². The molecule has 18 heavy (non-hydrogen) atoms. The minimum Gasteiger partial charge on any atom is -0.422 e. The highest BCUT2D eigenvalue weighted by atomic mass is 16.4. The fourth-order valence-electron chi connectivity index (χ4n) is 2.31. The van der Waals surface area contributed by atoms with Gasteiger partial charge >= 0.3 is 5.63 Å². The van der Waals surface area contributed by atoms with E-state index in [-0.39, 0.29) is 5.63 Å². The largest absolute Gasteiger partial charge is 0.422 e. The van der Waals surface area contributed by atoms with E-state index in [4.69, 9.17) is 4.42 Å². The molecule has 0 bridgehead atoms. The molecule has 0 saturated carbocycles. The predicted molar refractivity (Wildman–Crippen MR) is 80.8 cm³/mol. The van der Waals surface area contributed by atoms with Gasteiger partial charge in [-0.25, -0.2) is 4.79 Å². The van der Waals surface area contributed by atoms with Gasteiger partial charge in [-0.05, 0) is 11.5 Å². The van der Waals surface area contributed by atoms with Crippen molar-refractivity contribution in [3.63, 3.8) is 0 Å². The number of hydrogen-bond donors (Lipinski definition) is 0. The monoisotopic (exact) mass is 234 g/mol. The third-order valence-corrected chi connectivity index (χ3v) is 3.34. The molecule has 0 unspecified atom stereocenters. The van der Waals surface area contributed by atoms with Crippen LogP contribution in [0.3, 0.4) is 0 Å². The predicted octanol–water partition coefficient (Wildman–Crippen LogP) is 0.314. The first kappa shape index (κ1) is 11.1. The Morgan fingerprint density at radius 2 is 1.83 bits per heavy atom. The van der Waals surface area contributed by atoms with Crippen molar-refractivity contribution >= 4 is 47.8 Å². The van der Waals surface area contributed by atoms with Crippen molar-refractivity contribution in [1.82, 2.24) is 0 Å². The Labute approximate surface area is 106 Å². The van der Waals surface area contributed by atoms with Gasteiger partial charge in [0.2, 0.25) is 0 Å². The van der Waals surface area contributed by atoms with Gasteiger partial charge in [-0.2, -0.15) is 0 Å². The first-order valence-corrected chi connectivity index (χ1v) is 6.15. The molecule has 3 aromatic rings. The third kappa shape index (κ3) is 1.65. The average Bonchev–Trinajstić information content (AvgIpc) is 2.38. The first-order chi connectivity index (χ1) is 8.69. The second-order valence-electron chi connectivity index (χ2n) is 4.62. The minimum absolute atomic E-state index is 0.255. The van der Waals surface area contributed by atoms with Crippen LogP contribution in [0.4, 0.5) is 0 Å². The minimum atomic E-state index is -0.255. The highest BCUT2D eigenvalue weighted by Crippen LogP contribution is 2.20. The lowest BCUT2D eigenvalue weighted by molar-refractivity contribution is 0.570. The topological polar surface area (TPSA) is 30.2 Å². The standard InChI is InChI=1S/C14H12B2O2/c1-16-9-3-5-11-10-4-2-8(15)6-12(10)14(17)18-13(11)7-9/h2-7,16H,15H2,1H3. The fourth-order valence-corrected chi connectivity index (χ4v) is 2.31. The molecule has 3 rings (SSSR count). The molecule has 4 heteroatoms. The Bertz CT molecular complexity index is 806. The molecule has 1 heterocycles. The Morgan fingerprint density at radius 1 is 1.06 bits per heavy atom. The number of hydrogen-bond acceptors (Lipinski definition) is 2. The Kier molecular flexibility index (Phi) is 2.51. The summed E-state index contributed by atoms with van der Waals surface area (Å²) in [6.45, 7) is 2.09. The summed E-state index contributed by atoms with van der Waals surface area (Å²) < 4.78 is 5.42. The quantitative estimate of drug-likeness (QED) is 0.344. The summed E-state index contributed by atoms with van der Waals surface area (Å²) in [5, 5.41) is 2.63. The van der Waals surface area contributed by atoms with E-state index in [9.17, 15) is 4.79 Å². The van der Waals surface area contributed by atoms with Crippen molar-refractivity contribution < 1.29 is 4.42 Å². The molecule has 0 amide bonds. The summed E-state index contributed by atoms with van der Waals surface area (Å²) >= 11 is 0. The molecule has 0 radical (unpaired) electrons. The number of fused-ring (bicyclic) bond motifs is 3. The van der Waals surface area contributed by atoms with Crippen LogP contribution >= 0.6 is 0 Å². The maximum Gasteiger partial charge on any atom is 0.344 e. The van der Waals surface area contributed by atoms with Crippen LogP contribution in [0.1, 0.15) is 0 Å². The van der Waals surface area contributed by atoms with Gasteiger partial charge in [-0.3, -0.25) is 0 Å². The van der Waals surface area contributed by atoms with E-state index in [0.717, 1.165) is 23.5 Å². The first-order valence-electron chi connectivity index (χ1n) is 6.15. The molecule has 0 fully saturated rings. The van der Waals surface area contributed by atoms with Gasteiger partial charge in [0.05, 0.1) is 5.39 Å². The maximum atomic E-state index is 12.0. The molecule has 2 nitrogen and oxygen atoms in total. The Hall–Kier alpha value is -1.96. The van der Waals surface area contributed by atoms with Crippen molar-refractivity contribution in [2.24, 2.45) is 0 Å². The van der Waals surface area contributed by atoms with Gasteiger partial charge in [0, 0.05) is 5.39 Å². The van der Waals surface area contributed by atoms with Crippen LogP contribution < -0.4 is 16.6 Å². The normalized spacial score (nSPS) is 10.9. The molecule has 0 saturated heterocycles.